The highest BCUT2D eigenvalue weighted by Crippen LogP contribution is 2.16. The van der Waals surface area contributed by atoms with Crippen molar-refractivity contribution >= 4 is 0 Å². The fraction of sp³-hybridized carbons (Fsp3) is 0.538. The number of aromatic nitrogens is 1. The monoisotopic (exact) mass is 217 g/mol. The van der Waals surface area contributed by atoms with Crippen LogP contribution in [0.5, 0.6) is 0 Å². The molecule has 1 rings (SSSR count). The quantitative estimate of drug-likeness (QED) is 0.743. The second-order valence-electron chi connectivity index (χ2n) is 4.57. The predicted molar refractivity (Wildman–Crippen MR) is 64.8 cm³/mol. The minimum atomic E-state index is -0.224. The maximum atomic E-state index is 8.84. The summed E-state index contributed by atoms with van der Waals surface area (Å²) in [5, 5.41) is 12.2. The van der Waals surface area contributed by atoms with E-state index in [-0.39, 0.29) is 5.41 Å². The molecule has 1 aromatic heterocycles. The molecule has 0 aliphatic heterocycles. The van der Waals surface area contributed by atoms with E-state index in [2.05, 4.69) is 16.4 Å². The molecule has 0 saturated heterocycles. The number of hydrogen-bond acceptors (Lipinski definition) is 3. The first-order chi connectivity index (χ1) is 7.64. The molecule has 3 heteroatoms. The van der Waals surface area contributed by atoms with Crippen LogP contribution in [0.4, 0.5) is 0 Å². The Morgan fingerprint density at radius 3 is 2.81 bits per heavy atom. The van der Waals surface area contributed by atoms with Gasteiger partial charge in [-0.05, 0) is 38.9 Å². The van der Waals surface area contributed by atoms with Crippen molar-refractivity contribution in [3.05, 3.63) is 30.1 Å². The molecule has 0 atom stereocenters. The average Bonchev–Trinajstić information content (AvgIpc) is 2.30. The summed E-state index contributed by atoms with van der Waals surface area (Å²) in [5.74, 6) is 0. The van der Waals surface area contributed by atoms with Crippen LogP contribution in [0.25, 0.3) is 0 Å². The van der Waals surface area contributed by atoms with Gasteiger partial charge < -0.3 is 5.32 Å². The molecule has 0 amide bonds. The van der Waals surface area contributed by atoms with E-state index in [0.717, 1.165) is 31.6 Å². The second-order valence-corrected chi connectivity index (χ2v) is 4.57. The minimum Gasteiger partial charge on any atom is -0.316 e. The van der Waals surface area contributed by atoms with Gasteiger partial charge >= 0.3 is 0 Å². The molecule has 0 aromatic carbocycles. The third kappa shape index (κ3) is 4.90. The van der Waals surface area contributed by atoms with E-state index in [1.807, 2.05) is 38.2 Å². The Morgan fingerprint density at radius 2 is 2.19 bits per heavy atom. The van der Waals surface area contributed by atoms with Gasteiger partial charge in [0, 0.05) is 24.9 Å². The smallest absolute Gasteiger partial charge is 0.0684 e. The Labute approximate surface area is 97.5 Å². The third-order valence-corrected chi connectivity index (χ3v) is 2.51. The maximum Gasteiger partial charge on any atom is 0.0684 e. The average molecular weight is 217 g/mol. The minimum absolute atomic E-state index is 0.224. The lowest BCUT2D eigenvalue weighted by atomic mass is 9.91. The molecule has 0 aliphatic carbocycles. The first kappa shape index (κ1) is 12.7. The summed E-state index contributed by atoms with van der Waals surface area (Å²) in [5.41, 5.74) is 0.882. The highest BCUT2D eigenvalue weighted by Gasteiger charge is 2.15. The molecule has 1 N–H and O–H groups in total. The molecule has 0 fully saturated rings. The summed E-state index contributed by atoms with van der Waals surface area (Å²) in [4.78, 5) is 4.25. The summed E-state index contributed by atoms with van der Waals surface area (Å²) in [6, 6.07) is 8.25. The first-order valence-electron chi connectivity index (χ1n) is 5.66. The van der Waals surface area contributed by atoms with Crippen molar-refractivity contribution in [3.8, 4) is 6.07 Å². The van der Waals surface area contributed by atoms with Gasteiger partial charge in [-0.15, -0.1) is 0 Å². The predicted octanol–water partition coefficient (Wildman–Crippen LogP) is 2.15. The first-order valence-corrected chi connectivity index (χ1v) is 5.66. The van der Waals surface area contributed by atoms with Crippen LogP contribution >= 0.6 is 0 Å². The molecular formula is C13H19N3. The molecule has 0 radical (unpaired) electrons. The molecule has 3 nitrogen and oxygen atoms in total. The molecule has 0 saturated carbocycles. The van der Waals surface area contributed by atoms with Crippen molar-refractivity contribution in [2.24, 2.45) is 5.41 Å². The fourth-order valence-corrected chi connectivity index (χ4v) is 1.34. The van der Waals surface area contributed by atoms with E-state index < -0.39 is 0 Å². The number of nitrogens with one attached hydrogen (secondary N) is 1. The highest BCUT2D eigenvalue weighted by molar-refractivity contribution is 5.03. The van der Waals surface area contributed by atoms with Gasteiger partial charge in [-0.25, -0.2) is 0 Å². The Bertz CT molecular complexity index is 338. The van der Waals surface area contributed by atoms with Gasteiger partial charge in [0.15, 0.2) is 0 Å². The van der Waals surface area contributed by atoms with Gasteiger partial charge in [0.1, 0.15) is 0 Å². The highest BCUT2D eigenvalue weighted by atomic mass is 14.9. The van der Waals surface area contributed by atoms with Crippen LogP contribution < -0.4 is 5.32 Å². The molecule has 0 bridgehead atoms. The summed E-state index contributed by atoms with van der Waals surface area (Å²) in [6.07, 6.45) is 3.63. The Morgan fingerprint density at radius 1 is 1.38 bits per heavy atom. The molecule has 0 aliphatic rings. The lowest BCUT2D eigenvalue weighted by molar-refractivity contribution is 0.433. The molecule has 0 unspecified atom stereocenters. The lowest BCUT2D eigenvalue weighted by Gasteiger charge is -2.14. The topological polar surface area (TPSA) is 48.7 Å². The molecule has 0 spiro atoms. The zero-order valence-electron chi connectivity index (χ0n) is 10.0. The molecule has 1 heterocycles. The van der Waals surface area contributed by atoms with Crippen LogP contribution in [0, 0.1) is 16.7 Å². The Hall–Kier alpha value is -1.40. The number of nitriles is 1. The van der Waals surface area contributed by atoms with Crippen LogP contribution in [0.15, 0.2) is 24.4 Å². The number of rotatable bonds is 6. The van der Waals surface area contributed by atoms with Gasteiger partial charge in [-0.2, -0.15) is 5.26 Å². The van der Waals surface area contributed by atoms with Crippen molar-refractivity contribution in [3.63, 3.8) is 0 Å². The van der Waals surface area contributed by atoms with Gasteiger partial charge in [0.05, 0.1) is 11.5 Å². The standard InChI is InChI=1S/C13H19N3/c1-13(2,11-14)7-10-15-9-6-12-5-3-4-8-16-12/h3-5,8,15H,6-7,9-10H2,1-2H3. The van der Waals surface area contributed by atoms with Gasteiger partial charge in [0.2, 0.25) is 0 Å². The van der Waals surface area contributed by atoms with E-state index in [4.69, 9.17) is 5.26 Å². The van der Waals surface area contributed by atoms with E-state index >= 15 is 0 Å². The van der Waals surface area contributed by atoms with Crippen LogP contribution in [-0.2, 0) is 6.42 Å². The van der Waals surface area contributed by atoms with Crippen LogP contribution in [0.2, 0.25) is 0 Å². The van der Waals surface area contributed by atoms with E-state index in [1.54, 1.807) is 0 Å². The van der Waals surface area contributed by atoms with Crippen molar-refractivity contribution in [1.29, 1.82) is 5.26 Å². The second kappa shape index (κ2) is 6.24. The van der Waals surface area contributed by atoms with Gasteiger partial charge in [-0.3, -0.25) is 4.98 Å². The summed E-state index contributed by atoms with van der Waals surface area (Å²) < 4.78 is 0. The van der Waals surface area contributed by atoms with Crippen molar-refractivity contribution in [1.82, 2.24) is 10.3 Å². The van der Waals surface area contributed by atoms with Crippen molar-refractivity contribution in [2.45, 2.75) is 26.7 Å². The summed E-state index contributed by atoms with van der Waals surface area (Å²) >= 11 is 0. The molecule has 1 aromatic rings. The largest absolute Gasteiger partial charge is 0.316 e. The molecular weight excluding hydrogens is 198 g/mol. The zero-order chi connectivity index (χ0) is 11.9. The normalized spacial score (nSPS) is 11.1. The Balaban J connectivity index is 2.12. The lowest BCUT2D eigenvalue weighted by Crippen LogP contribution is -2.23. The van der Waals surface area contributed by atoms with Crippen LogP contribution in [0.3, 0.4) is 0 Å². The van der Waals surface area contributed by atoms with E-state index in [0.29, 0.717) is 0 Å². The fourth-order valence-electron chi connectivity index (χ4n) is 1.34. The number of hydrogen-bond donors (Lipinski definition) is 1. The SMILES string of the molecule is CC(C)(C#N)CCNCCc1ccccn1. The summed E-state index contributed by atoms with van der Waals surface area (Å²) in [7, 11) is 0. The maximum absolute atomic E-state index is 8.84. The van der Waals surface area contributed by atoms with Crippen molar-refractivity contribution in [2.75, 3.05) is 13.1 Å². The van der Waals surface area contributed by atoms with E-state index in [1.165, 1.54) is 0 Å². The van der Waals surface area contributed by atoms with E-state index in [9.17, 15) is 0 Å². The van der Waals surface area contributed by atoms with Gasteiger partial charge in [-0.1, -0.05) is 6.07 Å². The molecule has 86 valence electrons. The van der Waals surface area contributed by atoms with Crippen LogP contribution in [-0.4, -0.2) is 18.1 Å². The van der Waals surface area contributed by atoms with Crippen LogP contribution in [0.1, 0.15) is 26.0 Å². The number of pyridine rings is 1. The molecule has 16 heavy (non-hydrogen) atoms. The zero-order valence-corrected chi connectivity index (χ0v) is 10.0. The van der Waals surface area contributed by atoms with Gasteiger partial charge in [0.25, 0.3) is 0 Å². The summed E-state index contributed by atoms with van der Waals surface area (Å²) in [6.45, 7) is 5.73. The third-order valence-electron chi connectivity index (χ3n) is 2.51. The Kier molecular flexibility index (Phi) is 4.94. The number of nitrogens with zero attached hydrogens (tertiary/aromatic N) is 2. The van der Waals surface area contributed by atoms with Crippen molar-refractivity contribution < 1.29 is 0 Å².